The Balaban J connectivity index is 1.87. The minimum atomic E-state index is -0.669. The van der Waals surface area contributed by atoms with Crippen LogP contribution in [0.5, 0.6) is 5.75 Å². The topological polar surface area (TPSA) is 32.7 Å². The molecule has 3 heteroatoms. The minimum absolute atomic E-state index is 0.208. The molecule has 1 N–H and O–H groups in total. The smallest absolute Gasteiger partial charge is 0.118 e. The first-order valence-electron chi connectivity index (χ1n) is 9.47. The fourth-order valence-corrected chi connectivity index (χ4v) is 4.03. The Morgan fingerprint density at radius 1 is 1.00 bits per heavy atom. The van der Waals surface area contributed by atoms with Crippen LogP contribution < -0.4 is 4.74 Å². The summed E-state index contributed by atoms with van der Waals surface area (Å²) in [5.74, 6) is 0.879. The number of hydrogen-bond donors (Lipinski definition) is 1. The van der Waals surface area contributed by atoms with Crippen LogP contribution in [0.15, 0.2) is 54.6 Å². The number of rotatable bonds is 5. The van der Waals surface area contributed by atoms with Crippen LogP contribution in [0.2, 0.25) is 0 Å². The zero-order chi connectivity index (χ0) is 18.8. The van der Waals surface area contributed by atoms with Gasteiger partial charge in [-0.2, -0.15) is 0 Å². The van der Waals surface area contributed by atoms with E-state index in [1.54, 1.807) is 7.11 Å². The number of hydrogen-bond acceptors (Lipinski definition) is 3. The van der Waals surface area contributed by atoms with E-state index >= 15 is 0 Å². The van der Waals surface area contributed by atoms with Gasteiger partial charge in [-0.05, 0) is 43.0 Å². The van der Waals surface area contributed by atoms with E-state index in [0.717, 1.165) is 31.7 Å². The monoisotopic (exact) mass is 353 g/mol. The quantitative estimate of drug-likeness (QED) is 0.870. The highest BCUT2D eigenvalue weighted by atomic mass is 16.5. The van der Waals surface area contributed by atoms with Gasteiger partial charge in [0.1, 0.15) is 5.75 Å². The van der Waals surface area contributed by atoms with Crippen molar-refractivity contribution in [3.63, 3.8) is 0 Å². The van der Waals surface area contributed by atoms with E-state index in [1.165, 1.54) is 11.1 Å². The molecule has 2 aromatic rings. The van der Waals surface area contributed by atoms with E-state index in [4.69, 9.17) is 4.74 Å². The molecule has 1 saturated heterocycles. The molecule has 2 atom stereocenters. The van der Waals surface area contributed by atoms with E-state index in [9.17, 15) is 5.11 Å². The van der Waals surface area contributed by atoms with Crippen molar-refractivity contribution < 1.29 is 9.84 Å². The molecule has 3 nitrogen and oxygen atoms in total. The van der Waals surface area contributed by atoms with Gasteiger partial charge in [0.2, 0.25) is 0 Å². The van der Waals surface area contributed by atoms with Crippen molar-refractivity contribution in [2.45, 2.75) is 51.8 Å². The molecule has 1 fully saturated rings. The van der Waals surface area contributed by atoms with E-state index in [2.05, 4.69) is 61.2 Å². The molecule has 0 saturated carbocycles. The molecule has 1 aliphatic rings. The van der Waals surface area contributed by atoms with Crippen molar-refractivity contribution in [1.82, 2.24) is 4.90 Å². The zero-order valence-electron chi connectivity index (χ0n) is 16.4. The number of benzene rings is 2. The van der Waals surface area contributed by atoms with Gasteiger partial charge >= 0.3 is 0 Å². The van der Waals surface area contributed by atoms with Gasteiger partial charge in [-0.1, -0.05) is 56.3 Å². The average molecular weight is 354 g/mol. The van der Waals surface area contributed by atoms with Crippen molar-refractivity contribution in [1.29, 1.82) is 0 Å². The molecular weight excluding hydrogens is 322 g/mol. The van der Waals surface area contributed by atoms with Crippen molar-refractivity contribution in [2.75, 3.05) is 13.7 Å². The van der Waals surface area contributed by atoms with Crippen LogP contribution in [-0.4, -0.2) is 35.3 Å². The van der Waals surface area contributed by atoms with Crippen LogP contribution in [0.4, 0.5) is 0 Å². The summed E-state index contributed by atoms with van der Waals surface area (Å²) < 4.78 is 5.28. The summed E-state index contributed by atoms with van der Waals surface area (Å²) >= 11 is 0. The second kappa shape index (κ2) is 7.42. The molecule has 2 unspecified atom stereocenters. The van der Waals surface area contributed by atoms with Gasteiger partial charge in [-0.25, -0.2) is 0 Å². The maximum atomic E-state index is 11.1. The van der Waals surface area contributed by atoms with Crippen molar-refractivity contribution in [3.05, 3.63) is 65.7 Å². The lowest BCUT2D eigenvalue weighted by molar-refractivity contribution is -0.140. The van der Waals surface area contributed by atoms with Gasteiger partial charge in [0.15, 0.2) is 0 Å². The normalized spacial score (nSPS) is 25.8. The summed E-state index contributed by atoms with van der Waals surface area (Å²) in [5, 5.41) is 11.1. The fraction of sp³-hybridized carbons (Fsp3) is 0.478. The van der Waals surface area contributed by atoms with Crippen LogP contribution >= 0.6 is 0 Å². The summed E-state index contributed by atoms with van der Waals surface area (Å²) in [4.78, 5) is 2.54. The van der Waals surface area contributed by atoms with E-state index in [0.29, 0.717) is 0 Å². The third-order valence-electron chi connectivity index (χ3n) is 6.36. The lowest BCUT2D eigenvalue weighted by atomic mass is 9.64. The molecule has 0 bridgehead atoms. The third kappa shape index (κ3) is 3.79. The first-order valence-corrected chi connectivity index (χ1v) is 9.47. The zero-order valence-corrected chi connectivity index (χ0v) is 16.4. The lowest BCUT2D eigenvalue weighted by Crippen LogP contribution is -2.62. The molecule has 2 aromatic carbocycles. The Morgan fingerprint density at radius 2 is 1.65 bits per heavy atom. The maximum Gasteiger partial charge on any atom is 0.118 e. The number of nitrogens with zero attached hydrogens (tertiary/aromatic N) is 1. The molecule has 0 amide bonds. The fourth-order valence-electron chi connectivity index (χ4n) is 4.03. The third-order valence-corrected chi connectivity index (χ3v) is 6.36. The summed E-state index contributed by atoms with van der Waals surface area (Å²) in [6, 6.07) is 19.2. The van der Waals surface area contributed by atoms with Crippen LogP contribution in [0.3, 0.4) is 0 Å². The van der Waals surface area contributed by atoms with Gasteiger partial charge in [-0.15, -0.1) is 0 Å². The van der Waals surface area contributed by atoms with Crippen LogP contribution in [0.25, 0.3) is 0 Å². The van der Waals surface area contributed by atoms with Crippen molar-refractivity contribution in [2.24, 2.45) is 5.41 Å². The van der Waals surface area contributed by atoms with Crippen LogP contribution in [0.1, 0.15) is 38.3 Å². The highest BCUT2D eigenvalue weighted by molar-refractivity contribution is 5.28. The van der Waals surface area contributed by atoms with Gasteiger partial charge in [0.05, 0.1) is 12.7 Å². The molecule has 0 aromatic heterocycles. The second-order valence-corrected chi connectivity index (χ2v) is 8.27. The highest BCUT2D eigenvalue weighted by Crippen LogP contribution is 2.44. The van der Waals surface area contributed by atoms with Gasteiger partial charge < -0.3 is 9.84 Å². The predicted molar refractivity (Wildman–Crippen MR) is 106 cm³/mol. The number of ether oxygens (including phenoxy) is 1. The van der Waals surface area contributed by atoms with Crippen LogP contribution in [0, 0.1) is 5.41 Å². The largest absolute Gasteiger partial charge is 0.497 e. The van der Waals surface area contributed by atoms with Gasteiger partial charge in [0.25, 0.3) is 0 Å². The summed E-state index contributed by atoms with van der Waals surface area (Å²) in [6.45, 7) is 8.23. The first-order chi connectivity index (χ1) is 12.3. The predicted octanol–water partition coefficient (Wildman–Crippen LogP) is 4.29. The number of methoxy groups -OCH3 is 1. The number of likely N-dealkylation sites (tertiary alicyclic amines) is 1. The first kappa shape index (κ1) is 18.9. The number of piperidine rings is 1. The number of aliphatic hydroxyl groups is 1. The van der Waals surface area contributed by atoms with Gasteiger partial charge in [-0.3, -0.25) is 4.90 Å². The summed E-state index contributed by atoms with van der Waals surface area (Å²) in [7, 11) is 1.69. The Hall–Kier alpha value is -1.84. The summed E-state index contributed by atoms with van der Waals surface area (Å²) in [6.07, 6.45) is 1.71. The Bertz CT molecular complexity index is 707. The molecule has 0 spiro atoms. The van der Waals surface area contributed by atoms with E-state index in [-0.39, 0.29) is 11.5 Å². The molecule has 0 aliphatic carbocycles. The van der Waals surface area contributed by atoms with Gasteiger partial charge in [0, 0.05) is 24.5 Å². The lowest BCUT2D eigenvalue weighted by Gasteiger charge is -2.55. The van der Waals surface area contributed by atoms with E-state index in [1.807, 2.05) is 19.1 Å². The summed E-state index contributed by atoms with van der Waals surface area (Å²) in [5.41, 5.74) is 1.72. The van der Waals surface area contributed by atoms with Crippen molar-refractivity contribution in [3.8, 4) is 5.75 Å². The Labute approximate surface area is 157 Å². The molecule has 26 heavy (non-hydrogen) atoms. The second-order valence-electron chi connectivity index (χ2n) is 8.27. The maximum absolute atomic E-state index is 11.1. The van der Waals surface area contributed by atoms with Crippen LogP contribution in [-0.2, 0) is 13.0 Å². The Morgan fingerprint density at radius 3 is 2.27 bits per heavy atom. The molecule has 1 aliphatic heterocycles. The Kier molecular flexibility index (Phi) is 5.40. The van der Waals surface area contributed by atoms with Crippen molar-refractivity contribution >= 4 is 0 Å². The standard InChI is InChI=1S/C23H31NO2/c1-22(2)21(16-18-10-12-20(26-4)13-11-18)24(15-14-23(22,3)25)17-19-8-6-5-7-9-19/h5-13,21,25H,14-17H2,1-4H3. The molecule has 0 radical (unpaired) electrons. The minimum Gasteiger partial charge on any atom is -0.497 e. The molecule has 1 heterocycles. The SMILES string of the molecule is COc1ccc(CC2N(Cc3ccccc3)CCC(C)(O)C2(C)C)cc1. The molecule has 3 rings (SSSR count). The average Bonchev–Trinajstić information content (AvgIpc) is 2.63. The van der Waals surface area contributed by atoms with E-state index < -0.39 is 5.60 Å². The molecular formula is C23H31NO2. The molecule has 140 valence electrons. The highest BCUT2D eigenvalue weighted by Gasteiger charge is 2.50.